The van der Waals surface area contributed by atoms with E-state index in [4.69, 9.17) is 9.15 Å². The number of aryl methyl sites for hydroxylation is 1. The molecule has 0 saturated carbocycles. The van der Waals surface area contributed by atoms with Gasteiger partial charge in [0.15, 0.2) is 0 Å². The Morgan fingerprint density at radius 2 is 2.25 bits per heavy atom. The van der Waals surface area contributed by atoms with Crippen LogP contribution in [0.1, 0.15) is 47.5 Å². The van der Waals surface area contributed by atoms with Crippen molar-refractivity contribution in [3.8, 4) is 5.75 Å². The SMILES string of the molecule is CCCc1occc1C(=O)N1C[C@@H](O)C[C@@H]1c1cccc(OC)c1. The largest absolute Gasteiger partial charge is 0.497 e. The van der Waals surface area contributed by atoms with Gasteiger partial charge in [-0.05, 0) is 36.6 Å². The van der Waals surface area contributed by atoms with Crippen LogP contribution in [0.5, 0.6) is 5.75 Å². The molecular formula is C19H23NO4. The first-order valence-corrected chi connectivity index (χ1v) is 8.33. The molecule has 1 fully saturated rings. The van der Waals surface area contributed by atoms with Crippen LogP contribution in [0.15, 0.2) is 41.0 Å². The summed E-state index contributed by atoms with van der Waals surface area (Å²) in [6.07, 6.45) is 3.21. The van der Waals surface area contributed by atoms with Gasteiger partial charge in [-0.3, -0.25) is 4.79 Å². The number of hydrogen-bond donors (Lipinski definition) is 1. The Kier molecular flexibility index (Phi) is 4.90. The summed E-state index contributed by atoms with van der Waals surface area (Å²) in [6, 6.07) is 9.23. The summed E-state index contributed by atoms with van der Waals surface area (Å²) in [5.74, 6) is 1.38. The highest BCUT2D eigenvalue weighted by molar-refractivity contribution is 5.95. The summed E-state index contributed by atoms with van der Waals surface area (Å²) in [5, 5.41) is 10.1. The molecule has 3 rings (SSSR count). The van der Waals surface area contributed by atoms with Gasteiger partial charge in [-0.15, -0.1) is 0 Å². The number of carbonyl (C=O) groups excluding carboxylic acids is 1. The Hall–Kier alpha value is -2.27. The number of aliphatic hydroxyl groups is 1. The fourth-order valence-corrected chi connectivity index (χ4v) is 3.31. The Bertz CT molecular complexity index is 709. The molecule has 0 spiro atoms. The zero-order chi connectivity index (χ0) is 17.1. The van der Waals surface area contributed by atoms with Gasteiger partial charge >= 0.3 is 0 Å². The van der Waals surface area contributed by atoms with E-state index < -0.39 is 6.10 Å². The van der Waals surface area contributed by atoms with Gasteiger partial charge in [0.25, 0.3) is 5.91 Å². The second kappa shape index (κ2) is 7.09. The fourth-order valence-electron chi connectivity index (χ4n) is 3.31. The molecule has 0 unspecified atom stereocenters. The lowest BCUT2D eigenvalue weighted by atomic mass is 10.0. The minimum absolute atomic E-state index is 0.0865. The third kappa shape index (κ3) is 3.17. The zero-order valence-electron chi connectivity index (χ0n) is 14.1. The molecule has 5 nitrogen and oxygen atoms in total. The standard InChI is InChI=1S/C19H23NO4/c1-3-5-18-16(8-9-24-18)19(22)20-12-14(21)11-17(20)13-6-4-7-15(10-13)23-2/h4,6-10,14,17,21H,3,5,11-12H2,1-2H3/t14-,17+/m0/s1. The predicted octanol–water partition coefficient (Wildman–Crippen LogP) is 3.19. The fraction of sp³-hybridized carbons (Fsp3) is 0.421. The minimum Gasteiger partial charge on any atom is -0.497 e. The molecule has 2 atom stereocenters. The smallest absolute Gasteiger partial charge is 0.258 e. The normalized spacial score (nSPS) is 20.4. The number of ether oxygens (including phenoxy) is 1. The van der Waals surface area contributed by atoms with E-state index in [0.29, 0.717) is 24.3 Å². The number of carbonyl (C=O) groups is 1. The third-order valence-corrected chi connectivity index (χ3v) is 4.47. The lowest BCUT2D eigenvalue weighted by molar-refractivity contribution is 0.0713. The Labute approximate surface area is 141 Å². The summed E-state index contributed by atoms with van der Waals surface area (Å²) in [6.45, 7) is 2.38. The van der Waals surface area contributed by atoms with Crippen LogP contribution in [-0.4, -0.2) is 35.7 Å². The van der Waals surface area contributed by atoms with Crippen molar-refractivity contribution in [1.82, 2.24) is 4.90 Å². The van der Waals surface area contributed by atoms with Crippen LogP contribution >= 0.6 is 0 Å². The van der Waals surface area contributed by atoms with Crippen molar-refractivity contribution in [3.63, 3.8) is 0 Å². The summed E-state index contributed by atoms with van der Waals surface area (Å²) in [5.41, 5.74) is 1.57. The lowest BCUT2D eigenvalue weighted by Crippen LogP contribution is -2.32. The van der Waals surface area contributed by atoms with Gasteiger partial charge in [-0.1, -0.05) is 19.1 Å². The Morgan fingerprint density at radius 3 is 3.00 bits per heavy atom. The predicted molar refractivity (Wildman–Crippen MR) is 90.1 cm³/mol. The number of methoxy groups -OCH3 is 1. The average Bonchev–Trinajstić information content (AvgIpc) is 3.21. The second-order valence-electron chi connectivity index (χ2n) is 6.15. The topological polar surface area (TPSA) is 62.9 Å². The van der Waals surface area contributed by atoms with E-state index >= 15 is 0 Å². The van der Waals surface area contributed by atoms with Crippen molar-refractivity contribution in [3.05, 3.63) is 53.5 Å². The third-order valence-electron chi connectivity index (χ3n) is 4.47. The number of hydrogen-bond acceptors (Lipinski definition) is 4. The highest BCUT2D eigenvalue weighted by Crippen LogP contribution is 2.35. The van der Waals surface area contributed by atoms with Crippen molar-refractivity contribution in [2.45, 2.75) is 38.3 Å². The van der Waals surface area contributed by atoms with Crippen molar-refractivity contribution >= 4 is 5.91 Å². The van der Waals surface area contributed by atoms with Crippen LogP contribution in [0, 0.1) is 0 Å². The van der Waals surface area contributed by atoms with Crippen LogP contribution in [0.3, 0.4) is 0 Å². The van der Waals surface area contributed by atoms with E-state index in [1.165, 1.54) is 0 Å². The van der Waals surface area contributed by atoms with Crippen molar-refractivity contribution in [2.24, 2.45) is 0 Å². The number of nitrogens with zero attached hydrogens (tertiary/aromatic N) is 1. The molecular weight excluding hydrogens is 306 g/mol. The van der Waals surface area contributed by atoms with E-state index in [0.717, 1.165) is 24.2 Å². The molecule has 2 heterocycles. The molecule has 1 aromatic carbocycles. The van der Waals surface area contributed by atoms with E-state index in [1.807, 2.05) is 24.3 Å². The summed E-state index contributed by atoms with van der Waals surface area (Å²) < 4.78 is 10.7. The van der Waals surface area contributed by atoms with Crippen LogP contribution < -0.4 is 4.74 Å². The van der Waals surface area contributed by atoms with Gasteiger partial charge in [0.1, 0.15) is 11.5 Å². The van der Waals surface area contributed by atoms with Crippen molar-refractivity contribution in [1.29, 1.82) is 0 Å². The molecule has 1 amide bonds. The molecule has 1 N–H and O–H groups in total. The molecule has 24 heavy (non-hydrogen) atoms. The minimum atomic E-state index is -0.522. The average molecular weight is 329 g/mol. The highest BCUT2D eigenvalue weighted by atomic mass is 16.5. The van der Waals surface area contributed by atoms with Crippen LogP contribution in [0.25, 0.3) is 0 Å². The maximum Gasteiger partial charge on any atom is 0.258 e. The summed E-state index contributed by atoms with van der Waals surface area (Å²) in [4.78, 5) is 14.8. The van der Waals surface area contributed by atoms with Crippen LogP contribution in [-0.2, 0) is 6.42 Å². The van der Waals surface area contributed by atoms with Gasteiger partial charge in [0.2, 0.25) is 0 Å². The number of β-amino-alcohol motifs (C(OH)–C–C–N with tert-alkyl or cyclic N) is 1. The van der Waals surface area contributed by atoms with E-state index in [1.54, 1.807) is 24.3 Å². The lowest BCUT2D eigenvalue weighted by Gasteiger charge is -2.25. The quantitative estimate of drug-likeness (QED) is 0.915. The first-order valence-electron chi connectivity index (χ1n) is 8.33. The molecule has 0 radical (unpaired) electrons. The number of furan rings is 1. The van der Waals surface area contributed by atoms with Crippen molar-refractivity contribution < 1.29 is 19.1 Å². The monoisotopic (exact) mass is 329 g/mol. The molecule has 0 bridgehead atoms. The maximum absolute atomic E-state index is 13.0. The maximum atomic E-state index is 13.0. The molecule has 1 aromatic heterocycles. The zero-order valence-corrected chi connectivity index (χ0v) is 14.1. The molecule has 128 valence electrons. The summed E-state index contributed by atoms with van der Waals surface area (Å²) in [7, 11) is 1.62. The Balaban J connectivity index is 1.89. The number of amides is 1. The molecule has 0 aliphatic carbocycles. The molecule has 2 aromatic rings. The number of rotatable bonds is 5. The van der Waals surface area contributed by atoms with Gasteiger partial charge < -0.3 is 19.2 Å². The van der Waals surface area contributed by atoms with Crippen LogP contribution in [0.2, 0.25) is 0 Å². The Morgan fingerprint density at radius 1 is 1.42 bits per heavy atom. The first-order chi connectivity index (χ1) is 11.6. The number of likely N-dealkylation sites (tertiary alicyclic amines) is 1. The molecule has 1 aliphatic rings. The van der Waals surface area contributed by atoms with Crippen molar-refractivity contribution in [2.75, 3.05) is 13.7 Å². The van der Waals surface area contributed by atoms with Gasteiger partial charge in [0.05, 0.1) is 31.1 Å². The highest BCUT2D eigenvalue weighted by Gasteiger charge is 2.36. The first kappa shape index (κ1) is 16.6. The molecule has 5 heteroatoms. The second-order valence-corrected chi connectivity index (χ2v) is 6.15. The number of aliphatic hydroxyl groups excluding tert-OH is 1. The van der Waals surface area contributed by atoms with E-state index in [-0.39, 0.29) is 11.9 Å². The number of benzene rings is 1. The molecule has 1 saturated heterocycles. The van der Waals surface area contributed by atoms with Gasteiger partial charge in [-0.25, -0.2) is 0 Å². The van der Waals surface area contributed by atoms with E-state index in [2.05, 4.69) is 6.92 Å². The summed E-state index contributed by atoms with van der Waals surface area (Å²) >= 11 is 0. The van der Waals surface area contributed by atoms with Gasteiger partial charge in [-0.2, -0.15) is 0 Å². The van der Waals surface area contributed by atoms with E-state index in [9.17, 15) is 9.90 Å². The van der Waals surface area contributed by atoms with Crippen LogP contribution in [0.4, 0.5) is 0 Å². The van der Waals surface area contributed by atoms with Gasteiger partial charge in [0, 0.05) is 13.0 Å². The molecule has 1 aliphatic heterocycles.